The lowest BCUT2D eigenvalue weighted by atomic mass is 10.0. The zero-order valence-electron chi connectivity index (χ0n) is 11.3. The standard InChI is InChI=1S/C16H19NO2/c1-12-6-3-4-9-15(12)16(17)11-19-14-8-5-7-13(10-14)18-2/h3-10,16H,11,17H2,1-2H3. The van der Waals surface area contributed by atoms with Gasteiger partial charge >= 0.3 is 0 Å². The number of nitrogens with two attached hydrogens (primary N) is 1. The van der Waals surface area contributed by atoms with Crippen LogP contribution in [0.25, 0.3) is 0 Å². The zero-order valence-corrected chi connectivity index (χ0v) is 11.3. The van der Waals surface area contributed by atoms with Gasteiger partial charge in [0.2, 0.25) is 0 Å². The van der Waals surface area contributed by atoms with E-state index >= 15 is 0 Å². The van der Waals surface area contributed by atoms with Gasteiger partial charge in [0.25, 0.3) is 0 Å². The molecule has 2 N–H and O–H groups in total. The second-order valence-electron chi connectivity index (χ2n) is 4.45. The molecule has 1 unspecified atom stereocenters. The highest BCUT2D eigenvalue weighted by molar-refractivity contribution is 5.33. The molecule has 2 rings (SSSR count). The van der Waals surface area contributed by atoms with Crippen molar-refractivity contribution in [3.63, 3.8) is 0 Å². The van der Waals surface area contributed by atoms with Crippen LogP contribution in [0.2, 0.25) is 0 Å². The minimum atomic E-state index is -0.132. The van der Waals surface area contributed by atoms with Crippen molar-refractivity contribution < 1.29 is 9.47 Å². The second-order valence-corrected chi connectivity index (χ2v) is 4.45. The molecule has 2 aromatic rings. The van der Waals surface area contributed by atoms with Gasteiger partial charge < -0.3 is 15.2 Å². The molecular formula is C16H19NO2. The molecule has 0 amide bonds. The summed E-state index contributed by atoms with van der Waals surface area (Å²) in [6.07, 6.45) is 0. The van der Waals surface area contributed by atoms with E-state index in [-0.39, 0.29) is 6.04 Å². The Morgan fingerprint density at radius 2 is 1.79 bits per heavy atom. The van der Waals surface area contributed by atoms with Crippen molar-refractivity contribution in [3.05, 3.63) is 59.7 Å². The van der Waals surface area contributed by atoms with E-state index in [4.69, 9.17) is 15.2 Å². The minimum absolute atomic E-state index is 0.132. The van der Waals surface area contributed by atoms with Crippen LogP contribution in [0.5, 0.6) is 11.5 Å². The molecule has 0 aromatic heterocycles. The van der Waals surface area contributed by atoms with Gasteiger partial charge in [-0.25, -0.2) is 0 Å². The van der Waals surface area contributed by atoms with Crippen LogP contribution in [0.4, 0.5) is 0 Å². The fraction of sp³-hybridized carbons (Fsp3) is 0.250. The van der Waals surface area contributed by atoms with Gasteiger partial charge in [0.15, 0.2) is 0 Å². The summed E-state index contributed by atoms with van der Waals surface area (Å²) >= 11 is 0. The molecule has 0 spiro atoms. The summed E-state index contributed by atoms with van der Waals surface area (Å²) in [6, 6.07) is 15.5. The fourth-order valence-corrected chi connectivity index (χ4v) is 1.97. The molecule has 0 radical (unpaired) electrons. The molecule has 0 fully saturated rings. The van der Waals surface area contributed by atoms with Crippen molar-refractivity contribution >= 4 is 0 Å². The van der Waals surface area contributed by atoms with Crippen LogP contribution in [0.15, 0.2) is 48.5 Å². The topological polar surface area (TPSA) is 44.5 Å². The van der Waals surface area contributed by atoms with Crippen LogP contribution in [0, 0.1) is 6.92 Å². The van der Waals surface area contributed by atoms with Gasteiger partial charge in [-0.15, -0.1) is 0 Å². The summed E-state index contributed by atoms with van der Waals surface area (Å²) in [5, 5.41) is 0. The smallest absolute Gasteiger partial charge is 0.123 e. The van der Waals surface area contributed by atoms with Gasteiger partial charge in [0, 0.05) is 6.07 Å². The van der Waals surface area contributed by atoms with E-state index < -0.39 is 0 Å². The Morgan fingerprint density at radius 1 is 1.05 bits per heavy atom. The average molecular weight is 257 g/mol. The van der Waals surface area contributed by atoms with Crippen molar-refractivity contribution in [1.82, 2.24) is 0 Å². The molecule has 0 aliphatic heterocycles. The molecule has 0 heterocycles. The molecule has 0 bridgehead atoms. The summed E-state index contributed by atoms with van der Waals surface area (Å²) in [5.41, 5.74) is 8.46. The monoisotopic (exact) mass is 257 g/mol. The molecule has 0 saturated heterocycles. The summed E-state index contributed by atoms with van der Waals surface area (Å²) in [4.78, 5) is 0. The number of rotatable bonds is 5. The van der Waals surface area contributed by atoms with Crippen molar-refractivity contribution in [2.75, 3.05) is 13.7 Å². The second kappa shape index (κ2) is 6.25. The fourth-order valence-electron chi connectivity index (χ4n) is 1.97. The van der Waals surface area contributed by atoms with E-state index in [2.05, 4.69) is 13.0 Å². The Hall–Kier alpha value is -2.00. The zero-order chi connectivity index (χ0) is 13.7. The predicted octanol–water partition coefficient (Wildman–Crippen LogP) is 3.08. The van der Waals surface area contributed by atoms with Crippen LogP contribution >= 0.6 is 0 Å². The van der Waals surface area contributed by atoms with Gasteiger partial charge in [-0.3, -0.25) is 0 Å². The first-order valence-corrected chi connectivity index (χ1v) is 6.28. The molecule has 100 valence electrons. The minimum Gasteiger partial charge on any atom is -0.497 e. The summed E-state index contributed by atoms with van der Waals surface area (Å²) < 4.78 is 10.9. The molecule has 0 aliphatic carbocycles. The molecule has 1 atom stereocenters. The Kier molecular flexibility index (Phi) is 4.42. The van der Waals surface area contributed by atoms with E-state index in [9.17, 15) is 0 Å². The van der Waals surface area contributed by atoms with E-state index in [1.807, 2.05) is 42.5 Å². The first-order valence-electron chi connectivity index (χ1n) is 6.28. The molecule has 2 aromatic carbocycles. The molecule has 3 nitrogen and oxygen atoms in total. The summed E-state index contributed by atoms with van der Waals surface area (Å²) in [5.74, 6) is 1.55. The number of aryl methyl sites for hydroxylation is 1. The van der Waals surface area contributed by atoms with Gasteiger partial charge in [0.1, 0.15) is 18.1 Å². The Morgan fingerprint density at radius 3 is 2.53 bits per heavy atom. The maximum Gasteiger partial charge on any atom is 0.123 e. The maximum atomic E-state index is 6.16. The van der Waals surface area contributed by atoms with E-state index in [1.165, 1.54) is 5.56 Å². The maximum absolute atomic E-state index is 6.16. The largest absolute Gasteiger partial charge is 0.497 e. The lowest BCUT2D eigenvalue weighted by Crippen LogP contribution is -2.19. The van der Waals surface area contributed by atoms with E-state index in [0.717, 1.165) is 17.1 Å². The first-order chi connectivity index (χ1) is 9.20. The number of methoxy groups -OCH3 is 1. The number of benzene rings is 2. The van der Waals surface area contributed by atoms with Gasteiger partial charge in [-0.05, 0) is 30.2 Å². The Labute approximate surface area is 114 Å². The van der Waals surface area contributed by atoms with Gasteiger partial charge in [-0.1, -0.05) is 30.3 Å². The molecule has 19 heavy (non-hydrogen) atoms. The number of hydrogen-bond acceptors (Lipinski definition) is 3. The third-order valence-corrected chi connectivity index (χ3v) is 3.06. The van der Waals surface area contributed by atoms with Gasteiger partial charge in [-0.2, -0.15) is 0 Å². The summed E-state index contributed by atoms with van der Waals surface area (Å²) in [7, 11) is 1.64. The normalized spacial score (nSPS) is 11.9. The highest BCUT2D eigenvalue weighted by Gasteiger charge is 2.09. The predicted molar refractivity (Wildman–Crippen MR) is 76.6 cm³/mol. The summed E-state index contributed by atoms with van der Waals surface area (Å²) in [6.45, 7) is 2.50. The van der Waals surface area contributed by atoms with Gasteiger partial charge in [0.05, 0.1) is 13.2 Å². The van der Waals surface area contributed by atoms with Crippen molar-refractivity contribution in [2.45, 2.75) is 13.0 Å². The lowest BCUT2D eigenvalue weighted by Gasteiger charge is -2.16. The Balaban J connectivity index is 2.00. The molecule has 3 heteroatoms. The highest BCUT2D eigenvalue weighted by atomic mass is 16.5. The van der Waals surface area contributed by atoms with Crippen LogP contribution in [-0.4, -0.2) is 13.7 Å². The lowest BCUT2D eigenvalue weighted by molar-refractivity contribution is 0.288. The van der Waals surface area contributed by atoms with Crippen molar-refractivity contribution in [3.8, 4) is 11.5 Å². The van der Waals surface area contributed by atoms with E-state index in [0.29, 0.717) is 6.61 Å². The first kappa shape index (κ1) is 13.4. The Bertz CT molecular complexity index is 540. The molecular weight excluding hydrogens is 238 g/mol. The number of ether oxygens (including phenoxy) is 2. The third kappa shape index (κ3) is 3.48. The SMILES string of the molecule is COc1cccc(OCC(N)c2ccccc2C)c1. The van der Waals surface area contributed by atoms with Crippen LogP contribution in [0.3, 0.4) is 0 Å². The van der Waals surface area contributed by atoms with Crippen molar-refractivity contribution in [1.29, 1.82) is 0 Å². The average Bonchev–Trinajstić information content (AvgIpc) is 2.45. The van der Waals surface area contributed by atoms with Crippen molar-refractivity contribution in [2.24, 2.45) is 5.73 Å². The van der Waals surface area contributed by atoms with Crippen LogP contribution in [0.1, 0.15) is 17.2 Å². The third-order valence-electron chi connectivity index (χ3n) is 3.06. The van der Waals surface area contributed by atoms with E-state index in [1.54, 1.807) is 7.11 Å². The quantitative estimate of drug-likeness (QED) is 0.895. The number of hydrogen-bond donors (Lipinski definition) is 1. The van der Waals surface area contributed by atoms with Crippen LogP contribution in [-0.2, 0) is 0 Å². The van der Waals surface area contributed by atoms with Crippen LogP contribution < -0.4 is 15.2 Å². The molecule has 0 aliphatic rings. The molecule has 0 saturated carbocycles. The highest BCUT2D eigenvalue weighted by Crippen LogP contribution is 2.21.